The molecule has 16 heteroatoms. The Morgan fingerprint density at radius 3 is 2.00 bits per heavy atom. The number of carbonyl (C=O) groups is 2. The van der Waals surface area contributed by atoms with Crippen LogP contribution in [-0.2, 0) is 11.0 Å². The number of Topliss-reactive ketones (excluding diaryl/α,β-unsaturated/α-hetero) is 1. The highest BCUT2D eigenvalue weighted by molar-refractivity contribution is 9.11. The summed E-state index contributed by atoms with van der Waals surface area (Å²) in [7, 11) is 0.848. The first kappa shape index (κ1) is 34.4. The van der Waals surface area contributed by atoms with Gasteiger partial charge in [0, 0.05) is 33.5 Å². The third-order valence-electron chi connectivity index (χ3n) is 6.50. The molecule has 0 N–H and O–H groups in total. The molecule has 1 aliphatic rings. The van der Waals surface area contributed by atoms with E-state index in [0.29, 0.717) is 17.0 Å². The minimum absolute atomic E-state index is 0.0286. The number of ketones is 1. The number of carbonyl (C=O) groups excluding carboxylic acids is 2. The Bertz CT molecular complexity index is 1390. The number of alkyl halides is 9. The molecule has 1 atom stereocenters. The van der Waals surface area contributed by atoms with Gasteiger partial charge < -0.3 is 4.90 Å². The van der Waals surface area contributed by atoms with E-state index in [0.717, 1.165) is 19.2 Å². The molecule has 0 aliphatic heterocycles. The van der Waals surface area contributed by atoms with Crippen molar-refractivity contribution >= 4 is 61.0 Å². The van der Waals surface area contributed by atoms with E-state index in [1.165, 1.54) is 0 Å². The third kappa shape index (κ3) is 8.07. The Morgan fingerprint density at radius 1 is 1.00 bits per heavy atom. The quantitative estimate of drug-likeness (QED) is 0.153. The van der Waals surface area contributed by atoms with Crippen molar-refractivity contribution in [1.82, 2.24) is 4.90 Å². The van der Waals surface area contributed by atoms with Gasteiger partial charge in [-0.25, -0.2) is 4.39 Å². The van der Waals surface area contributed by atoms with Gasteiger partial charge in [0.2, 0.25) is 5.91 Å². The molecule has 3 rings (SSSR count). The molecule has 1 amide bonds. The van der Waals surface area contributed by atoms with Crippen LogP contribution in [0.1, 0.15) is 52.2 Å². The van der Waals surface area contributed by atoms with Crippen LogP contribution in [0.3, 0.4) is 0 Å². The fourth-order valence-corrected chi connectivity index (χ4v) is 5.64. The summed E-state index contributed by atoms with van der Waals surface area (Å²) in [4.78, 5) is 25.8. The molecule has 2 aromatic rings. The molecule has 230 valence electrons. The van der Waals surface area contributed by atoms with Crippen LogP contribution in [0.5, 0.6) is 0 Å². The number of nitrogens with zero attached hydrogens (tertiary/aromatic N) is 1. The Labute approximate surface area is 254 Å². The van der Waals surface area contributed by atoms with Gasteiger partial charge in [0.15, 0.2) is 5.78 Å². The molecule has 0 heterocycles. The van der Waals surface area contributed by atoms with Gasteiger partial charge in [-0.15, -0.1) is 0 Å². The van der Waals surface area contributed by atoms with E-state index in [-0.39, 0.29) is 39.0 Å². The maximum Gasteiger partial charge on any atom is 0.417 e. The molecule has 0 radical (unpaired) electrons. The fraction of sp³-hybridized carbons (Fsp3) is 0.385. The van der Waals surface area contributed by atoms with E-state index in [2.05, 4.69) is 31.9 Å². The summed E-state index contributed by atoms with van der Waals surface area (Å²) in [5.74, 6) is -6.58. The monoisotopic (exact) mass is 759 g/mol. The molecule has 0 saturated heterocycles. The van der Waals surface area contributed by atoms with E-state index < -0.39 is 82.6 Å². The zero-order valence-corrected chi connectivity index (χ0v) is 25.0. The van der Waals surface area contributed by atoms with E-state index in [1.807, 2.05) is 0 Å². The van der Waals surface area contributed by atoms with E-state index in [4.69, 9.17) is 11.6 Å². The summed E-state index contributed by atoms with van der Waals surface area (Å²) in [6.45, 7) is -1.63. The Kier molecular flexibility index (Phi) is 9.90. The third-order valence-corrected chi connectivity index (χ3v) is 8.62. The lowest BCUT2D eigenvalue weighted by Crippen LogP contribution is -2.41. The molecular formula is C26H18Br2ClF10NO2. The summed E-state index contributed by atoms with van der Waals surface area (Å²) in [6, 6.07) is 3.34. The van der Waals surface area contributed by atoms with Gasteiger partial charge >= 0.3 is 18.5 Å². The van der Waals surface area contributed by atoms with Crippen molar-refractivity contribution in [2.24, 2.45) is 5.41 Å². The predicted octanol–water partition coefficient (Wildman–Crippen LogP) is 9.91. The zero-order valence-electron chi connectivity index (χ0n) is 21.0. The lowest BCUT2D eigenvalue weighted by atomic mass is 9.90. The Morgan fingerprint density at radius 2 is 1.55 bits per heavy atom. The fourth-order valence-electron chi connectivity index (χ4n) is 4.31. The van der Waals surface area contributed by atoms with Gasteiger partial charge in [0.05, 0.1) is 16.0 Å². The first-order valence-electron chi connectivity index (χ1n) is 11.7. The number of hydrogen-bond donors (Lipinski definition) is 0. The van der Waals surface area contributed by atoms with Crippen molar-refractivity contribution in [3.8, 4) is 0 Å². The zero-order chi connectivity index (χ0) is 32.0. The number of rotatable bonds is 8. The van der Waals surface area contributed by atoms with Crippen LogP contribution in [0.15, 0.2) is 45.4 Å². The van der Waals surface area contributed by atoms with Crippen molar-refractivity contribution in [1.29, 1.82) is 0 Å². The van der Waals surface area contributed by atoms with Crippen LogP contribution in [0.4, 0.5) is 43.9 Å². The van der Waals surface area contributed by atoms with Crippen molar-refractivity contribution in [3.05, 3.63) is 72.6 Å². The highest BCUT2D eigenvalue weighted by Gasteiger charge is 2.54. The molecular weight excluding hydrogens is 744 g/mol. The van der Waals surface area contributed by atoms with Crippen LogP contribution in [0.25, 0.3) is 5.83 Å². The number of benzene rings is 2. The highest BCUT2D eigenvalue weighted by atomic mass is 79.9. The minimum atomic E-state index is -5.27. The second kappa shape index (κ2) is 12.1. The standard InChI is InChI=1S/C26H18Br2ClF10NO2/c1-40(11-24(31,32)33)22(42)23(4-5-23)10-20(41)14-3-2-12(6-16(14)26(37,38)39)19(30)9-15(25(34,35)36)13-7-17(27)21(29)18(28)8-13/h2-3,6-9,15H,4-5,10-11H2,1H3/b19-9-. The molecule has 0 bridgehead atoms. The normalized spacial score (nSPS) is 16.3. The molecule has 1 aliphatic carbocycles. The first-order valence-corrected chi connectivity index (χ1v) is 13.7. The van der Waals surface area contributed by atoms with Crippen LogP contribution in [0.2, 0.25) is 5.02 Å². The topological polar surface area (TPSA) is 37.4 Å². The molecule has 1 unspecified atom stereocenters. The molecule has 0 spiro atoms. The predicted molar refractivity (Wildman–Crippen MR) is 140 cm³/mol. The maximum atomic E-state index is 15.1. The molecule has 42 heavy (non-hydrogen) atoms. The smallest absolute Gasteiger partial charge is 0.336 e. The van der Waals surface area contributed by atoms with Crippen molar-refractivity contribution in [2.75, 3.05) is 13.6 Å². The molecule has 3 nitrogen and oxygen atoms in total. The van der Waals surface area contributed by atoms with Gasteiger partial charge in [0.25, 0.3) is 0 Å². The maximum absolute atomic E-state index is 15.1. The first-order chi connectivity index (χ1) is 19.1. The Balaban J connectivity index is 1.97. The summed E-state index contributed by atoms with van der Waals surface area (Å²) in [6.07, 6.45) is -15.9. The Hall–Kier alpha value is -2.13. The average molecular weight is 762 g/mol. The lowest BCUT2D eigenvalue weighted by Gasteiger charge is -2.24. The van der Waals surface area contributed by atoms with Gasteiger partial charge in [-0.2, -0.15) is 39.5 Å². The summed E-state index contributed by atoms with van der Waals surface area (Å²) < 4.78 is 137. The SMILES string of the molecule is CN(CC(F)(F)F)C(=O)C1(CC(=O)c2ccc(/C(F)=C/C(c3cc(Br)c(Cl)c(Br)c3)C(F)(F)F)cc2C(F)(F)F)CC1. The van der Waals surface area contributed by atoms with Crippen LogP contribution in [-0.4, -0.2) is 42.5 Å². The van der Waals surface area contributed by atoms with E-state index >= 15 is 4.39 Å². The van der Waals surface area contributed by atoms with E-state index in [9.17, 15) is 49.1 Å². The van der Waals surface area contributed by atoms with Gasteiger partial charge in [-0.3, -0.25) is 9.59 Å². The largest absolute Gasteiger partial charge is 0.417 e. The number of halogens is 13. The van der Waals surface area contributed by atoms with Gasteiger partial charge in [-0.05, 0) is 74.5 Å². The highest BCUT2D eigenvalue weighted by Crippen LogP contribution is 2.51. The minimum Gasteiger partial charge on any atom is -0.336 e. The summed E-state index contributed by atoms with van der Waals surface area (Å²) >= 11 is 11.9. The number of amides is 1. The molecule has 0 aromatic heterocycles. The van der Waals surface area contributed by atoms with Crippen LogP contribution in [0, 0.1) is 5.41 Å². The van der Waals surface area contributed by atoms with Gasteiger partial charge in [-0.1, -0.05) is 23.7 Å². The molecule has 1 fully saturated rings. The summed E-state index contributed by atoms with van der Waals surface area (Å²) in [5.41, 5.74) is -5.71. The van der Waals surface area contributed by atoms with Crippen molar-refractivity contribution in [2.45, 2.75) is 43.7 Å². The van der Waals surface area contributed by atoms with Crippen molar-refractivity contribution in [3.63, 3.8) is 0 Å². The van der Waals surface area contributed by atoms with Gasteiger partial charge in [0.1, 0.15) is 18.3 Å². The number of hydrogen-bond acceptors (Lipinski definition) is 2. The second-order valence-corrected chi connectivity index (χ2v) is 11.8. The number of allylic oxidation sites excluding steroid dienone is 1. The summed E-state index contributed by atoms with van der Waals surface area (Å²) in [5, 5.41) is 0.0286. The van der Waals surface area contributed by atoms with Crippen molar-refractivity contribution < 1.29 is 53.5 Å². The second-order valence-electron chi connectivity index (χ2n) is 9.75. The van der Waals surface area contributed by atoms with E-state index in [1.54, 1.807) is 0 Å². The van der Waals surface area contributed by atoms with Crippen LogP contribution >= 0.6 is 43.5 Å². The molecule has 1 saturated carbocycles. The average Bonchev–Trinajstić information content (AvgIpc) is 3.62. The van der Waals surface area contributed by atoms with Crippen LogP contribution < -0.4 is 0 Å². The molecule has 2 aromatic carbocycles. The lowest BCUT2D eigenvalue weighted by molar-refractivity contribution is -0.161.